The van der Waals surface area contributed by atoms with Gasteiger partial charge in [0.2, 0.25) is 0 Å². The van der Waals surface area contributed by atoms with Crippen LogP contribution in [0.15, 0.2) is 48.5 Å². The summed E-state index contributed by atoms with van der Waals surface area (Å²) in [5.41, 5.74) is 3.88. The Morgan fingerprint density at radius 3 is 1.61 bits per heavy atom. The van der Waals surface area contributed by atoms with E-state index in [-0.39, 0.29) is 0 Å². The standard InChI is InChI=1S/C16H14N2/c1-17-13-9-5-3-7-11(13)15-12-8-4-6-10-14(12)18(2)16(15)17/h3-10H,1-2H3. The molecule has 0 aliphatic carbocycles. The van der Waals surface area contributed by atoms with Gasteiger partial charge in [0.1, 0.15) is 5.65 Å². The van der Waals surface area contributed by atoms with Crippen LogP contribution in [0.2, 0.25) is 0 Å². The highest BCUT2D eigenvalue weighted by Gasteiger charge is 2.15. The summed E-state index contributed by atoms with van der Waals surface area (Å²) in [5.74, 6) is 0. The molecule has 18 heavy (non-hydrogen) atoms. The van der Waals surface area contributed by atoms with Crippen LogP contribution >= 0.6 is 0 Å². The van der Waals surface area contributed by atoms with Crippen molar-refractivity contribution in [1.82, 2.24) is 9.13 Å². The molecule has 0 unspecified atom stereocenters. The summed E-state index contributed by atoms with van der Waals surface area (Å²) in [6.45, 7) is 0. The first-order chi connectivity index (χ1) is 8.79. The number of nitrogens with zero attached hydrogens (tertiary/aromatic N) is 2. The fraction of sp³-hybridized carbons (Fsp3) is 0.125. The Bertz CT molecular complexity index is 822. The molecule has 2 heterocycles. The van der Waals surface area contributed by atoms with Gasteiger partial charge in [-0.1, -0.05) is 36.4 Å². The number of rotatable bonds is 0. The Hall–Kier alpha value is -2.22. The van der Waals surface area contributed by atoms with Gasteiger partial charge in [0.05, 0.1) is 11.0 Å². The second kappa shape index (κ2) is 3.16. The maximum Gasteiger partial charge on any atom is 0.121 e. The van der Waals surface area contributed by atoms with E-state index in [1.165, 1.54) is 32.8 Å². The van der Waals surface area contributed by atoms with Crippen LogP contribution in [0.4, 0.5) is 0 Å². The van der Waals surface area contributed by atoms with Crippen LogP contribution < -0.4 is 0 Å². The van der Waals surface area contributed by atoms with E-state index >= 15 is 0 Å². The molecule has 2 aromatic heterocycles. The predicted molar refractivity (Wildman–Crippen MR) is 76.9 cm³/mol. The summed E-state index contributed by atoms with van der Waals surface area (Å²) in [7, 11) is 4.28. The van der Waals surface area contributed by atoms with Gasteiger partial charge in [-0.15, -0.1) is 0 Å². The fourth-order valence-corrected chi connectivity index (χ4v) is 3.13. The summed E-state index contributed by atoms with van der Waals surface area (Å²) in [4.78, 5) is 0. The summed E-state index contributed by atoms with van der Waals surface area (Å²) in [6.07, 6.45) is 0. The van der Waals surface area contributed by atoms with Crippen LogP contribution in [0, 0.1) is 0 Å². The molecule has 0 fully saturated rings. The molecule has 0 radical (unpaired) electrons. The summed E-state index contributed by atoms with van der Waals surface area (Å²) in [5, 5.41) is 4.05. The van der Waals surface area contributed by atoms with E-state index in [1.807, 2.05) is 0 Å². The Kier molecular flexibility index (Phi) is 1.72. The first kappa shape index (κ1) is 9.77. The average Bonchev–Trinajstić information content (AvgIpc) is 2.87. The summed E-state index contributed by atoms with van der Waals surface area (Å²) in [6, 6.07) is 17.2. The number of hydrogen-bond acceptors (Lipinski definition) is 0. The number of aromatic nitrogens is 2. The van der Waals surface area contributed by atoms with Gasteiger partial charge in [0, 0.05) is 30.3 Å². The SMILES string of the molecule is Cn1c2ccccc2c2c3ccccc3n(C)c21. The average molecular weight is 234 g/mol. The molecular weight excluding hydrogens is 220 g/mol. The summed E-state index contributed by atoms with van der Waals surface area (Å²) < 4.78 is 4.56. The molecule has 2 aromatic carbocycles. The molecule has 0 atom stereocenters. The minimum Gasteiger partial charge on any atom is -0.330 e. The van der Waals surface area contributed by atoms with Gasteiger partial charge in [0.15, 0.2) is 0 Å². The zero-order valence-corrected chi connectivity index (χ0v) is 10.5. The van der Waals surface area contributed by atoms with Gasteiger partial charge >= 0.3 is 0 Å². The van der Waals surface area contributed by atoms with E-state index in [9.17, 15) is 0 Å². The lowest BCUT2D eigenvalue weighted by molar-refractivity contribution is 0.908. The van der Waals surface area contributed by atoms with Gasteiger partial charge in [0.25, 0.3) is 0 Å². The minimum absolute atomic E-state index is 1.29. The third kappa shape index (κ3) is 0.986. The first-order valence-electron chi connectivity index (χ1n) is 6.19. The van der Waals surface area contributed by atoms with Crippen molar-refractivity contribution >= 4 is 32.8 Å². The quantitative estimate of drug-likeness (QED) is 0.437. The minimum atomic E-state index is 1.29. The molecule has 2 nitrogen and oxygen atoms in total. The van der Waals surface area contributed by atoms with Crippen LogP contribution in [0.5, 0.6) is 0 Å². The molecule has 2 heteroatoms. The molecule has 0 saturated carbocycles. The maximum atomic E-state index is 2.28. The van der Waals surface area contributed by atoms with Crippen LogP contribution in [-0.2, 0) is 14.1 Å². The van der Waals surface area contributed by atoms with E-state index < -0.39 is 0 Å². The molecular formula is C16H14N2. The van der Waals surface area contributed by atoms with Crippen molar-refractivity contribution in [2.75, 3.05) is 0 Å². The second-order valence-electron chi connectivity index (χ2n) is 4.85. The lowest BCUT2D eigenvalue weighted by Crippen LogP contribution is -1.94. The van der Waals surface area contributed by atoms with Crippen LogP contribution in [0.3, 0.4) is 0 Å². The molecule has 0 bridgehead atoms. The summed E-state index contributed by atoms with van der Waals surface area (Å²) >= 11 is 0. The second-order valence-corrected chi connectivity index (χ2v) is 4.85. The monoisotopic (exact) mass is 234 g/mol. The Morgan fingerprint density at radius 2 is 1.11 bits per heavy atom. The van der Waals surface area contributed by atoms with E-state index in [1.54, 1.807) is 0 Å². The van der Waals surface area contributed by atoms with Gasteiger partial charge in [-0.3, -0.25) is 0 Å². The Labute approximate surface area is 105 Å². The van der Waals surface area contributed by atoms with E-state index in [0.29, 0.717) is 0 Å². The molecule has 4 aromatic rings. The van der Waals surface area contributed by atoms with Gasteiger partial charge in [-0.2, -0.15) is 0 Å². The van der Waals surface area contributed by atoms with Crippen molar-refractivity contribution in [3.8, 4) is 0 Å². The van der Waals surface area contributed by atoms with Crippen LogP contribution in [-0.4, -0.2) is 9.13 Å². The Balaban J connectivity index is 2.45. The zero-order chi connectivity index (χ0) is 12.3. The van der Waals surface area contributed by atoms with Gasteiger partial charge < -0.3 is 9.13 Å². The normalized spacial score (nSPS) is 11.9. The zero-order valence-electron chi connectivity index (χ0n) is 10.5. The molecule has 4 rings (SSSR count). The van der Waals surface area contributed by atoms with E-state index in [2.05, 4.69) is 71.8 Å². The number of hydrogen-bond donors (Lipinski definition) is 0. The highest BCUT2D eigenvalue weighted by molar-refractivity contribution is 6.20. The molecule has 0 spiro atoms. The molecule has 0 saturated heterocycles. The van der Waals surface area contributed by atoms with Crippen LogP contribution in [0.25, 0.3) is 32.8 Å². The molecule has 0 N–H and O–H groups in total. The highest BCUT2D eigenvalue weighted by Crippen LogP contribution is 2.35. The molecule has 0 aliphatic heterocycles. The molecule has 88 valence electrons. The molecule has 0 amide bonds. The van der Waals surface area contributed by atoms with E-state index in [0.717, 1.165) is 0 Å². The lowest BCUT2D eigenvalue weighted by Gasteiger charge is -2.02. The third-order valence-electron chi connectivity index (χ3n) is 3.93. The van der Waals surface area contributed by atoms with Crippen molar-refractivity contribution in [2.45, 2.75) is 0 Å². The van der Waals surface area contributed by atoms with Crippen LogP contribution in [0.1, 0.15) is 0 Å². The van der Waals surface area contributed by atoms with Crippen molar-refractivity contribution < 1.29 is 0 Å². The number of fused-ring (bicyclic) bond motifs is 5. The van der Waals surface area contributed by atoms with E-state index in [4.69, 9.17) is 0 Å². The smallest absolute Gasteiger partial charge is 0.121 e. The predicted octanol–water partition coefficient (Wildman–Crippen LogP) is 3.82. The maximum absolute atomic E-state index is 2.28. The van der Waals surface area contributed by atoms with Crippen molar-refractivity contribution in [3.05, 3.63) is 48.5 Å². The molecule has 0 aliphatic rings. The number of aryl methyl sites for hydroxylation is 2. The third-order valence-corrected chi connectivity index (χ3v) is 3.93. The van der Waals surface area contributed by atoms with Gasteiger partial charge in [-0.25, -0.2) is 0 Å². The van der Waals surface area contributed by atoms with Crippen molar-refractivity contribution in [3.63, 3.8) is 0 Å². The van der Waals surface area contributed by atoms with Crippen molar-refractivity contribution in [2.24, 2.45) is 14.1 Å². The number of para-hydroxylation sites is 2. The first-order valence-corrected chi connectivity index (χ1v) is 6.19. The Morgan fingerprint density at radius 1 is 0.667 bits per heavy atom. The number of benzene rings is 2. The largest absolute Gasteiger partial charge is 0.330 e. The van der Waals surface area contributed by atoms with Gasteiger partial charge in [-0.05, 0) is 12.1 Å². The lowest BCUT2D eigenvalue weighted by atomic mass is 10.1. The highest BCUT2D eigenvalue weighted by atomic mass is 15.1. The topological polar surface area (TPSA) is 9.86 Å². The fourth-order valence-electron chi connectivity index (χ4n) is 3.13. The van der Waals surface area contributed by atoms with Crippen molar-refractivity contribution in [1.29, 1.82) is 0 Å².